The van der Waals surface area contributed by atoms with Gasteiger partial charge in [0.05, 0.1) is 12.0 Å². The Morgan fingerprint density at radius 2 is 2.00 bits per heavy atom. The summed E-state index contributed by atoms with van der Waals surface area (Å²) in [6, 6.07) is 7.02. The maximum Gasteiger partial charge on any atom is 0.306 e. The van der Waals surface area contributed by atoms with Gasteiger partial charge in [-0.1, -0.05) is 13.0 Å². The Balaban J connectivity index is 2.43. The first-order chi connectivity index (χ1) is 9.90. The third-order valence-corrected chi connectivity index (χ3v) is 2.99. The summed E-state index contributed by atoms with van der Waals surface area (Å²) in [6.45, 7) is 5.98. The van der Waals surface area contributed by atoms with Crippen LogP contribution in [-0.4, -0.2) is 29.6 Å². The fourth-order valence-electron chi connectivity index (χ4n) is 1.82. The monoisotopic (exact) mass is 293 g/mol. The Bertz CT molecular complexity index is 485. The molecule has 0 aliphatic heterocycles. The summed E-state index contributed by atoms with van der Waals surface area (Å²) in [7, 11) is 0. The molecule has 1 aromatic carbocycles. The predicted octanol–water partition coefficient (Wildman–Crippen LogP) is 2.70. The quantitative estimate of drug-likeness (QED) is 0.723. The molecule has 0 saturated carbocycles. The average Bonchev–Trinajstić information content (AvgIpc) is 2.42. The van der Waals surface area contributed by atoms with E-state index in [4.69, 9.17) is 9.84 Å². The Kier molecular flexibility index (Phi) is 6.72. The molecule has 0 saturated heterocycles. The summed E-state index contributed by atoms with van der Waals surface area (Å²) in [6.07, 6.45) is 1.24. The van der Waals surface area contributed by atoms with Crippen molar-refractivity contribution in [1.82, 2.24) is 5.32 Å². The van der Waals surface area contributed by atoms with Crippen LogP contribution in [0, 0.1) is 5.92 Å². The topological polar surface area (TPSA) is 75.6 Å². The highest BCUT2D eigenvalue weighted by molar-refractivity contribution is 5.94. The number of benzene rings is 1. The Labute approximate surface area is 125 Å². The number of aliphatic carboxylic acids is 1. The first-order valence-corrected chi connectivity index (χ1v) is 7.18. The number of rotatable bonds is 8. The molecule has 2 N–H and O–H groups in total. The lowest BCUT2D eigenvalue weighted by molar-refractivity contribution is -0.141. The second-order valence-electron chi connectivity index (χ2n) is 5.33. The number of carboxylic acid groups (broad SMARTS) is 1. The van der Waals surface area contributed by atoms with Crippen molar-refractivity contribution in [2.24, 2.45) is 5.92 Å². The molecular weight excluding hydrogens is 270 g/mol. The molecule has 116 valence electrons. The number of carbonyl (C=O) groups excluding carboxylic acids is 1. The lowest BCUT2D eigenvalue weighted by atomic mass is 10.1. The molecule has 5 heteroatoms. The van der Waals surface area contributed by atoms with Crippen LogP contribution in [0.25, 0.3) is 0 Å². The van der Waals surface area contributed by atoms with Gasteiger partial charge in [0.15, 0.2) is 0 Å². The van der Waals surface area contributed by atoms with E-state index in [-0.39, 0.29) is 17.9 Å². The smallest absolute Gasteiger partial charge is 0.306 e. The molecule has 0 fully saturated rings. The van der Waals surface area contributed by atoms with Crippen molar-refractivity contribution in [3.63, 3.8) is 0 Å². The van der Waals surface area contributed by atoms with E-state index in [2.05, 4.69) is 5.32 Å². The minimum atomic E-state index is -0.806. The van der Waals surface area contributed by atoms with Crippen molar-refractivity contribution < 1.29 is 19.4 Å². The summed E-state index contributed by atoms with van der Waals surface area (Å²) >= 11 is 0. The van der Waals surface area contributed by atoms with Gasteiger partial charge in [-0.05, 0) is 44.9 Å². The van der Waals surface area contributed by atoms with E-state index >= 15 is 0 Å². The Morgan fingerprint density at radius 3 is 2.62 bits per heavy atom. The van der Waals surface area contributed by atoms with Gasteiger partial charge in [-0.15, -0.1) is 0 Å². The molecule has 1 atom stereocenters. The van der Waals surface area contributed by atoms with Crippen LogP contribution in [-0.2, 0) is 4.79 Å². The Morgan fingerprint density at radius 1 is 1.29 bits per heavy atom. The van der Waals surface area contributed by atoms with Crippen LogP contribution in [0.15, 0.2) is 24.3 Å². The summed E-state index contributed by atoms with van der Waals surface area (Å²) in [5.41, 5.74) is 0.541. The number of nitrogens with one attached hydrogen (secondary N) is 1. The van der Waals surface area contributed by atoms with Crippen LogP contribution in [0.4, 0.5) is 0 Å². The van der Waals surface area contributed by atoms with Gasteiger partial charge in [-0.3, -0.25) is 9.59 Å². The van der Waals surface area contributed by atoms with E-state index in [9.17, 15) is 9.59 Å². The van der Waals surface area contributed by atoms with Crippen LogP contribution in [0.2, 0.25) is 0 Å². The maximum atomic E-state index is 12.0. The molecule has 0 radical (unpaired) electrons. The molecule has 0 spiro atoms. The zero-order valence-corrected chi connectivity index (χ0v) is 12.8. The zero-order valence-electron chi connectivity index (χ0n) is 12.8. The van der Waals surface area contributed by atoms with E-state index in [1.165, 1.54) is 0 Å². The lowest BCUT2D eigenvalue weighted by Gasteiger charge is -2.11. The molecule has 1 amide bonds. The van der Waals surface area contributed by atoms with Crippen molar-refractivity contribution in [3.8, 4) is 5.75 Å². The van der Waals surface area contributed by atoms with Gasteiger partial charge >= 0.3 is 5.97 Å². The van der Waals surface area contributed by atoms with Crippen molar-refractivity contribution in [3.05, 3.63) is 29.8 Å². The summed E-state index contributed by atoms with van der Waals surface area (Å²) in [4.78, 5) is 22.7. The second kappa shape index (κ2) is 8.29. The van der Waals surface area contributed by atoms with Crippen LogP contribution in [0.5, 0.6) is 5.75 Å². The normalized spacial score (nSPS) is 12.0. The van der Waals surface area contributed by atoms with E-state index < -0.39 is 5.97 Å². The second-order valence-corrected chi connectivity index (χ2v) is 5.33. The minimum absolute atomic E-state index is 0.0563. The molecule has 0 heterocycles. The number of hydrogen-bond acceptors (Lipinski definition) is 3. The average molecular weight is 293 g/mol. The molecule has 1 unspecified atom stereocenters. The van der Waals surface area contributed by atoms with Crippen molar-refractivity contribution in [1.29, 1.82) is 0 Å². The highest BCUT2D eigenvalue weighted by Gasteiger charge is 2.11. The van der Waals surface area contributed by atoms with Gasteiger partial charge in [0.2, 0.25) is 0 Å². The van der Waals surface area contributed by atoms with Gasteiger partial charge < -0.3 is 15.2 Å². The fourth-order valence-corrected chi connectivity index (χ4v) is 1.82. The van der Waals surface area contributed by atoms with Crippen molar-refractivity contribution >= 4 is 11.9 Å². The Hall–Kier alpha value is -2.04. The number of hydrogen-bond donors (Lipinski definition) is 2. The van der Waals surface area contributed by atoms with Crippen molar-refractivity contribution in [2.45, 2.75) is 39.7 Å². The number of amides is 1. The molecule has 0 bridgehead atoms. The molecule has 0 aliphatic rings. The first-order valence-electron chi connectivity index (χ1n) is 7.18. The SMILES string of the molecule is CC(C)Oc1cccc(C(=O)NCCCC(C)C(=O)O)c1. The fraction of sp³-hybridized carbons (Fsp3) is 0.500. The molecule has 21 heavy (non-hydrogen) atoms. The third kappa shape index (κ3) is 6.29. The first kappa shape index (κ1) is 17.0. The molecule has 1 aromatic rings. The summed E-state index contributed by atoms with van der Waals surface area (Å²) < 4.78 is 5.54. The number of ether oxygens (including phenoxy) is 1. The summed E-state index contributed by atoms with van der Waals surface area (Å²) in [5.74, 6) is -0.700. The molecule has 1 rings (SSSR count). The van der Waals surface area contributed by atoms with Crippen LogP contribution in [0.1, 0.15) is 44.0 Å². The lowest BCUT2D eigenvalue weighted by Crippen LogP contribution is -2.25. The zero-order chi connectivity index (χ0) is 15.8. The van der Waals surface area contributed by atoms with Crippen LogP contribution in [0.3, 0.4) is 0 Å². The highest BCUT2D eigenvalue weighted by Crippen LogP contribution is 2.15. The maximum absolute atomic E-state index is 12.0. The third-order valence-electron chi connectivity index (χ3n) is 2.99. The van der Waals surface area contributed by atoms with E-state index in [0.29, 0.717) is 30.7 Å². The minimum Gasteiger partial charge on any atom is -0.491 e. The number of carbonyl (C=O) groups is 2. The molecular formula is C16H23NO4. The number of carboxylic acids is 1. The molecule has 0 aliphatic carbocycles. The molecule has 5 nitrogen and oxygen atoms in total. The predicted molar refractivity (Wildman–Crippen MR) is 80.6 cm³/mol. The van der Waals surface area contributed by atoms with Gasteiger partial charge in [0.25, 0.3) is 5.91 Å². The van der Waals surface area contributed by atoms with E-state index in [1.54, 1.807) is 25.1 Å². The largest absolute Gasteiger partial charge is 0.491 e. The molecule has 0 aromatic heterocycles. The standard InChI is InChI=1S/C16H23NO4/c1-11(2)21-14-8-4-7-13(10-14)15(18)17-9-5-6-12(3)16(19)20/h4,7-8,10-12H,5-6,9H2,1-3H3,(H,17,18)(H,19,20). The van der Waals surface area contributed by atoms with Gasteiger partial charge in [-0.25, -0.2) is 0 Å². The summed E-state index contributed by atoms with van der Waals surface area (Å²) in [5, 5.41) is 11.6. The van der Waals surface area contributed by atoms with Gasteiger partial charge in [-0.2, -0.15) is 0 Å². The van der Waals surface area contributed by atoms with Crippen molar-refractivity contribution in [2.75, 3.05) is 6.54 Å². The van der Waals surface area contributed by atoms with Gasteiger partial charge in [0, 0.05) is 12.1 Å². The van der Waals surface area contributed by atoms with E-state index in [0.717, 1.165) is 0 Å². The highest BCUT2D eigenvalue weighted by atomic mass is 16.5. The van der Waals surface area contributed by atoms with E-state index in [1.807, 2.05) is 19.9 Å². The van der Waals surface area contributed by atoms with Crippen LogP contribution >= 0.6 is 0 Å². The van der Waals surface area contributed by atoms with Crippen LogP contribution < -0.4 is 10.1 Å². The van der Waals surface area contributed by atoms with Gasteiger partial charge in [0.1, 0.15) is 5.75 Å².